The lowest BCUT2D eigenvalue weighted by molar-refractivity contribution is -0.188. The molecular formula is C8H16O7. The van der Waals surface area contributed by atoms with Crippen LogP contribution in [0.2, 0.25) is 0 Å². The first kappa shape index (κ1) is 12.8. The van der Waals surface area contributed by atoms with Gasteiger partial charge in [-0.15, -0.1) is 0 Å². The van der Waals surface area contributed by atoms with E-state index < -0.39 is 37.3 Å². The summed E-state index contributed by atoms with van der Waals surface area (Å²) in [4.78, 5) is 0. The maximum Gasteiger partial charge on any atom is 0.186 e. The second-order valence-corrected chi connectivity index (χ2v) is 3.33. The van der Waals surface area contributed by atoms with E-state index in [0.29, 0.717) is 13.2 Å². The van der Waals surface area contributed by atoms with Gasteiger partial charge in [-0.2, -0.15) is 0 Å². The Hall–Kier alpha value is -0.280. The van der Waals surface area contributed by atoms with Gasteiger partial charge < -0.3 is 35.0 Å². The maximum absolute atomic E-state index is 9.48. The number of aliphatic hydroxyl groups excluding tert-OH is 5. The van der Waals surface area contributed by atoms with E-state index in [0.717, 1.165) is 0 Å². The van der Waals surface area contributed by atoms with Crippen LogP contribution in [-0.2, 0) is 9.47 Å². The van der Waals surface area contributed by atoms with E-state index in [2.05, 4.69) is 0 Å². The molecule has 0 aliphatic carbocycles. The van der Waals surface area contributed by atoms with Gasteiger partial charge in [0.25, 0.3) is 0 Å². The number of hydrogen-bond acceptors (Lipinski definition) is 7. The summed E-state index contributed by atoms with van der Waals surface area (Å²) in [6.45, 7) is -0.114. The van der Waals surface area contributed by atoms with E-state index in [4.69, 9.17) is 19.7 Å². The lowest BCUT2D eigenvalue weighted by Gasteiger charge is -2.27. The molecule has 15 heavy (non-hydrogen) atoms. The molecule has 1 saturated heterocycles. The first-order chi connectivity index (χ1) is 7.07. The highest BCUT2D eigenvalue weighted by molar-refractivity contribution is 4.83. The quantitative estimate of drug-likeness (QED) is 0.333. The molecule has 7 nitrogen and oxygen atoms in total. The van der Waals surface area contributed by atoms with Crippen LogP contribution in [0, 0.1) is 0 Å². The number of hydrogen-bond donors (Lipinski definition) is 5. The third kappa shape index (κ3) is 3.08. The molecule has 1 fully saturated rings. The van der Waals surface area contributed by atoms with Crippen molar-refractivity contribution in [2.24, 2.45) is 0 Å². The average Bonchev–Trinajstić information content (AvgIpc) is 2.78. The van der Waals surface area contributed by atoms with Gasteiger partial charge in [0.15, 0.2) is 6.29 Å². The fourth-order valence-corrected chi connectivity index (χ4v) is 1.27. The van der Waals surface area contributed by atoms with Crippen molar-refractivity contribution in [2.45, 2.75) is 30.7 Å². The molecule has 0 bridgehead atoms. The topological polar surface area (TPSA) is 120 Å². The van der Waals surface area contributed by atoms with E-state index >= 15 is 0 Å². The first-order valence-corrected chi connectivity index (χ1v) is 4.64. The largest absolute Gasteiger partial charge is 0.394 e. The van der Waals surface area contributed by atoms with Gasteiger partial charge in [-0.3, -0.25) is 0 Å². The zero-order valence-corrected chi connectivity index (χ0v) is 8.06. The van der Waals surface area contributed by atoms with Crippen molar-refractivity contribution in [1.29, 1.82) is 0 Å². The molecule has 4 atom stereocenters. The van der Waals surface area contributed by atoms with Crippen molar-refractivity contribution in [3.63, 3.8) is 0 Å². The minimum atomic E-state index is -1.65. The molecular weight excluding hydrogens is 208 g/mol. The smallest absolute Gasteiger partial charge is 0.186 e. The van der Waals surface area contributed by atoms with E-state index in [1.54, 1.807) is 0 Å². The minimum Gasteiger partial charge on any atom is -0.394 e. The SMILES string of the molecule is OC[C@H](O)[C@H](O)[C@@H](O)[C@H](O)C1OCCO1. The predicted octanol–water partition coefficient (Wildman–Crippen LogP) is -3.20. The highest BCUT2D eigenvalue weighted by Gasteiger charge is 2.37. The van der Waals surface area contributed by atoms with Crippen LogP contribution >= 0.6 is 0 Å². The molecule has 0 radical (unpaired) electrons. The predicted molar refractivity (Wildman–Crippen MR) is 46.8 cm³/mol. The standard InChI is InChI=1S/C8H16O7/c9-3-4(10)5(11)6(12)7(13)8-14-1-2-15-8/h4-13H,1-3H2/t4-,5-,6+,7-/m0/s1. The van der Waals surface area contributed by atoms with Gasteiger partial charge in [0, 0.05) is 0 Å². The maximum atomic E-state index is 9.48. The molecule has 0 aromatic carbocycles. The minimum absolute atomic E-state index is 0.299. The summed E-state index contributed by atoms with van der Waals surface area (Å²) in [7, 11) is 0. The van der Waals surface area contributed by atoms with Crippen molar-refractivity contribution in [1.82, 2.24) is 0 Å². The lowest BCUT2D eigenvalue weighted by Crippen LogP contribution is -2.50. The Morgan fingerprint density at radius 2 is 1.53 bits per heavy atom. The van der Waals surface area contributed by atoms with Crippen LogP contribution in [0.15, 0.2) is 0 Å². The number of aliphatic hydroxyl groups is 5. The normalized spacial score (nSPS) is 26.2. The molecule has 7 heteroatoms. The molecule has 0 amide bonds. The Balaban J connectivity index is 2.46. The number of ether oxygens (including phenoxy) is 2. The summed E-state index contributed by atoms with van der Waals surface area (Å²) in [6, 6.07) is 0. The van der Waals surface area contributed by atoms with Crippen LogP contribution < -0.4 is 0 Å². The lowest BCUT2D eigenvalue weighted by atomic mass is 10.0. The number of rotatable bonds is 5. The second-order valence-electron chi connectivity index (χ2n) is 3.33. The summed E-state index contributed by atoms with van der Waals surface area (Å²) in [5.74, 6) is 0. The molecule has 1 rings (SSSR count). The summed E-state index contributed by atoms with van der Waals surface area (Å²) >= 11 is 0. The summed E-state index contributed by atoms with van der Waals surface area (Å²) in [5.41, 5.74) is 0. The molecule has 1 heterocycles. The first-order valence-electron chi connectivity index (χ1n) is 4.64. The Kier molecular flexibility index (Phi) is 4.87. The second kappa shape index (κ2) is 5.71. The van der Waals surface area contributed by atoms with Crippen LogP contribution in [0.4, 0.5) is 0 Å². The zero-order chi connectivity index (χ0) is 11.4. The molecule has 0 saturated carbocycles. The molecule has 0 aromatic heterocycles. The van der Waals surface area contributed by atoms with Crippen LogP contribution in [0.25, 0.3) is 0 Å². The van der Waals surface area contributed by atoms with Gasteiger partial charge in [-0.05, 0) is 0 Å². The Morgan fingerprint density at radius 1 is 1.00 bits per heavy atom. The van der Waals surface area contributed by atoms with Crippen LogP contribution in [0.1, 0.15) is 0 Å². The third-order valence-corrected chi connectivity index (χ3v) is 2.21. The van der Waals surface area contributed by atoms with Crippen LogP contribution in [-0.4, -0.2) is 76.1 Å². The van der Waals surface area contributed by atoms with Crippen molar-refractivity contribution in [3.05, 3.63) is 0 Å². The third-order valence-electron chi connectivity index (χ3n) is 2.21. The molecule has 0 spiro atoms. The Labute approximate surface area is 86.5 Å². The van der Waals surface area contributed by atoms with Crippen LogP contribution in [0.5, 0.6) is 0 Å². The zero-order valence-electron chi connectivity index (χ0n) is 8.06. The van der Waals surface area contributed by atoms with Gasteiger partial charge in [0.05, 0.1) is 19.8 Å². The molecule has 0 unspecified atom stereocenters. The van der Waals surface area contributed by atoms with Crippen molar-refractivity contribution in [2.75, 3.05) is 19.8 Å². The molecule has 5 N–H and O–H groups in total. The van der Waals surface area contributed by atoms with E-state index in [1.807, 2.05) is 0 Å². The van der Waals surface area contributed by atoms with Gasteiger partial charge in [-0.1, -0.05) is 0 Å². The monoisotopic (exact) mass is 224 g/mol. The summed E-state index contributed by atoms with van der Waals surface area (Å²) in [5, 5.41) is 45.8. The van der Waals surface area contributed by atoms with Crippen molar-refractivity contribution >= 4 is 0 Å². The Morgan fingerprint density at radius 3 is 2.00 bits per heavy atom. The van der Waals surface area contributed by atoms with E-state index in [1.165, 1.54) is 0 Å². The molecule has 0 aromatic rings. The van der Waals surface area contributed by atoms with E-state index in [9.17, 15) is 15.3 Å². The summed E-state index contributed by atoms with van der Waals surface area (Å²) in [6.07, 6.45) is -7.30. The molecule has 90 valence electrons. The fraction of sp³-hybridized carbons (Fsp3) is 1.00. The van der Waals surface area contributed by atoms with Crippen molar-refractivity contribution < 1.29 is 35.0 Å². The highest BCUT2D eigenvalue weighted by Crippen LogP contribution is 2.15. The van der Waals surface area contributed by atoms with Gasteiger partial charge >= 0.3 is 0 Å². The van der Waals surface area contributed by atoms with Crippen molar-refractivity contribution in [3.8, 4) is 0 Å². The van der Waals surface area contributed by atoms with Gasteiger partial charge in [-0.25, -0.2) is 0 Å². The van der Waals surface area contributed by atoms with E-state index in [-0.39, 0.29) is 0 Å². The van der Waals surface area contributed by atoms with Gasteiger partial charge in [0.2, 0.25) is 0 Å². The fourth-order valence-electron chi connectivity index (χ4n) is 1.27. The van der Waals surface area contributed by atoms with Gasteiger partial charge in [0.1, 0.15) is 24.4 Å². The average molecular weight is 224 g/mol. The molecule has 1 aliphatic rings. The van der Waals surface area contributed by atoms with Crippen LogP contribution in [0.3, 0.4) is 0 Å². The highest BCUT2D eigenvalue weighted by atomic mass is 16.7. The Bertz CT molecular complexity index is 182. The molecule has 1 aliphatic heterocycles. The summed E-state index contributed by atoms with van der Waals surface area (Å²) < 4.78 is 9.82.